The number of hydrogen-bond acceptors (Lipinski definition) is 9. The van der Waals surface area contributed by atoms with E-state index in [1.165, 1.54) is 66.3 Å². The molecule has 7 atom stereocenters. The van der Waals surface area contributed by atoms with Crippen molar-refractivity contribution in [2.24, 2.45) is 11.8 Å². The number of benzene rings is 3. The van der Waals surface area contributed by atoms with Crippen molar-refractivity contribution in [1.29, 1.82) is 0 Å². The molecule has 2 aliphatic rings. The monoisotopic (exact) mass is 1040 g/mol. The van der Waals surface area contributed by atoms with E-state index in [1.54, 1.807) is 18.3 Å². The van der Waals surface area contributed by atoms with Crippen molar-refractivity contribution in [2.75, 3.05) is 20.6 Å². The molecule has 2 bridgehead atoms. The van der Waals surface area contributed by atoms with Gasteiger partial charge in [0.1, 0.15) is 54.4 Å². The van der Waals surface area contributed by atoms with Crippen molar-refractivity contribution in [3.8, 4) is 0 Å². The Labute approximate surface area is 444 Å². The number of amides is 7. The number of carbonyl (C=O) groups excluding carboxylic acids is 7. The molecule has 18 heteroatoms. The van der Waals surface area contributed by atoms with E-state index in [2.05, 4.69) is 37.8 Å². The summed E-state index contributed by atoms with van der Waals surface area (Å²) >= 11 is 0. The zero-order valence-electron chi connectivity index (χ0n) is 45.1. The van der Waals surface area contributed by atoms with Gasteiger partial charge in [0.2, 0.25) is 41.4 Å². The maximum absolute atomic E-state index is 15.5. The molecule has 5 aromatic rings. The summed E-state index contributed by atoms with van der Waals surface area (Å²) in [5, 5.41) is 13.2. The first-order valence-electron chi connectivity index (χ1n) is 26.3. The van der Waals surface area contributed by atoms with E-state index in [9.17, 15) is 23.6 Å². The van der Waals surface area contributed by atoms with Crippen LogP contribution in [0.25, 0.3) is 21.8 Å². The maximum Gasteiger partial charge on any atom is 0.246 e. The Morgan fingerprint density at radius 2 is 1.33 bits per heavy atom. The van der Waals surface area contributed by atoms with Gasteiger partial charge in [0.05, 0.1) is 11.1 Å². The second-order valence-corrected chi connectivity index (χ2v) is 21.8. The fourth-order valence-electron chi connectivity index (χ4n) is 10.4. The molecule has 0 saturated carbocycles. The van der Waals surface area contributed by atoms with Crippen LogP contribution in [-0.4, -0.2) is 134 Å². The zero-order valence-corrected chi connectivity index (χ0v) is 45.1. The first-order chi connectivity index (χ1) is 36.1. The van der Waals surface area contributed by atoms with Crippen LogP contribution in [0.15, 0.2) is 98.1 Å². The predicted octanol–water partition coefficient (Wildman–Crippen LogP) is 5.38. The fraction of sp³-hybridized carbons (Fsp3) is 0.466. The van der Waals surface area contributed by atoms with E-state index in [-0.39, 0.29) is 56.9 Å². The van der Waals surface area contributed by atoms with Gasteiger partial charge in [0.15, 0.2) is 0 Å². The number of hydrogen-bond donors (Lipinski definition) is 4. The van der Waals surface area contributed by atoms with Gasteiger partial charge in [-0.3, -0.25) is 33.6 Å². The molecule has 7 amide bonds. The highest BCUT2D eigenvalue weighted by molar-refractivity contribution is 5.99. The lowest BCUT2D eigenvalue weighted by Crippen LogP contribution is -2.62. The molecule has 4 heterocycles. The number of allylic oxidation sites excluding steroid dienone is 1. The maximum atomic E-state index is 15.5. The summed E-state index contributed by atoms with van der Waals surface area (Å²) in [6.07, 6.45) is 7.68. The molecule has 2 fully saturated rings. The van der Waals surface area contributed by atoms with E-state index in [0.717, 1.165) is 10.9 Å². The Balaban J connectivity index is 1.36. The van der Waals surface area contributed by atoms with Gasteiger partial charge in [-0.25, -0.2) is 14.4 Å². The van der Waals surface area contributed by atoms with Crippen LogP contribution in [0.1, 0.15) is 90.8 Å². The number of para-hydroxylation sites is 1. The summed E-state index contributed by atoms with van der Waals surface area (Å²) in [6.45, 7) is 17.4. The topological polar surface area (TPSA) is 208 Å². The van der Waals surface area contributed by atoms with E-state index >= 15 is 14.4 Å². The lowest BCUT2D eigenvalue weighted by molar-refractivity contribution is -0.153. The van der Waals surface area contributed by atoms with Crippen LogP contribution in [0.5, 0.6) is 0 Å². The number of piperidine rings is 1. The van der Waals surface area contributed by atoms with Crippen LogP contribution in [0.4, 0.5) is 4.39 Å². The van der Waals surface area contributed by atoms with Crippen LogP contribution in [0.2, 0.25) is 0 Å². The molecule has 2 saturated heterocycles. The van der Waals surface area contributed by atoms with Crippen molar-refractivity contribution in [2.45, 2.75) is 141 Å². The highest BCUT2D eigenvalue weighted by atomic mass is 19.1. The largest absolute Gasteiger partial charge is 0.343 e. The molecule has 2 aliphatic heterocycles. The third-order valence-corrected chi connectivity index (χ3v) is 14.8. The number of rotatable bonds is 12. The number of carbonyl (C=O) groups is 7. The van der Waals surface area contributed by atoms with E-state index in [1.807, 2.05) is 88.7 Å². The van der Waals surface area contributed by atoms with Crippen LogP contribution in [0, 0.1) is 17.7 Å². The van der Waals surface area contributed by atoms with Crippen LogP contribution < -0.4 is 21.3 Å². The fourth-order valence-corrected chi connectivity index (χ4v) is 10.4. The highest BCUT2D eigenvalue weighted by Crippen LogP contribution is 2.30. The average molecular weight is 1040 g/mol. The summed E-state index contributed by atoms with van der Waals surface area (Å²) in [5.74, 6) is -5.13. The number of aromatic nitrogens is 3. The highest BCUT2D eigenvalue weighted by Gasteiger charge is 2.43. The van der Waals surface area contributed by atoms with Crippen LogP contribution in [0.3, 0.4) is 0 Å². The van der Waals surface area contributed by atoms with Crippen LogP contribution in [-0.2, 0) is 58.4 Å². The predicted molar refractivity (Wildman–Crippen MR) is 289 cm³/mol. The standard InChI is InChI=1S/C58H73FN10O7/c1-11-58(7,8)69-32-40(42-15-12-13-16-47(42)69)30-46-56(75)67(10)49(25-34(2)3)53(72)63-45(29-38-20-23-43-39(27-38)31-60-33-61-43)51(70)62-36(6)55(74)66(9)48-17-14-24-68(57(48)76)50(26-35(4)5)54(73)64-44(52(71)65-46)28-37-18-21-41(59)22-19-37/h11-13,15-16,18-23,27,31-36,44-46,48-50H,1,14,17,24-26,28-30H2,2-10H3,(H,62,70)(H,63,72)(H,64,73)(H,65,71)/t36-,44-,45-,46-,48-,49-,50-/m0/s1. The number of halogens is 1. The number of likely N-dealkylation sites (N-methyl/N-ethyl adjacent to an activating group) is 2. The molecule has 3 aromatic carbocycles. The van der Waals surface area contributed by atoms with Crippen molar-refractivity contribution in [3.05, 3.63) is 121 Å². The average Bonchev–Trinajstić information content (AvgIpc) is 3.77. The van der Waals surface area contributed by atoms with Crippen LogP contribution >= 0.6 is 0 Å². The van der Waals surface area contributed by atoms with E-state index in [0.29, 0.717) is 34.0 Å². The van der Waals surface area contributed by atoms with Gasteiger partial charge < -0.3 is 40.5 Å². The molecule has 0 aliphatic carbocycles. The molecule has 76 heavy (non-hydrogen) atoms. The SMILES string of the molecule is C=CC(C)(C)n1cc(C[C@@H]2NC(=O)[C@H](Cc3ccc(F)cc3)NC(=O)[C@H](CC(C)C)N3CCC[C@@H](C3=O)N(C)C(=O)[C@H](C)NC(=O)[C@H](Cc3ccc4ncncc4c3)NC(=O)[C@H](CC(C)C)N(C)C2=O)c2ccccc21. The quantitative estimate of drug-likeness (QED) is 0.118. The van der Waals surface area contributed by atoms with Crippen molar-refractivity contribution >= 4 is 63.2 Å². The first-order valence-corrected chi connectivity index (χ1v) is 26.3. The Morgan fingerprint density at radius 1 is 0.724 bits per heavy atom. The zero-order chi connectivity index (χ0) is 55.2. The molecule has 0 unspecified atom stereocenters. The number of fused-ring (bicyclic) bond motifs is 4. The molecular formula is C58H73FN10O7. The van der Waals surface area contributed by atoms with Gasteiger partial charge in [-0.05, 0) is 105 Å². The third kappa shape index (κ3) is 12.9. The minimum atomic E-state index is -1.35. The van der Waals surface area contributed by atoms with Gasteiger partial charge >= 0.3 is 0 Å². The Kier molecular flexibility index (Phi) is 17.8. The summed E-state index contributed by atoms with van der Waals surface area (Å²) in [7, 11) is 2.97. The first kappa shape index (κ1) is 56.2. The van der Waals surface area contributed by atoms with Gasteiger partial charge in [0, 0.05) is 68.6 Å². The molecule has 4 N–H and O–H groups in total. The number of nitrogens with one attached hydrogen (secondary N) is 4. The van der Waals surface area contributed by atoms with Gasteiger partial charge in [-0.15, -0.1) is 6.58 Å². The second kappa shape index (κ2) is 24.0. The summed E-state index contributed by atoms with van der Waals surface area (Å²) in [5.41, 5.74) is 2.81. The van der Waals surface area contributed by atoms with E-state index < -0.39 is 95.0 Å². The number of nitrogens with zero attached hydrogens (tertiary/aromatic N) is 6. The van der Waals surface area contributed by atoms with Crippen molar-refractivity contribution in [1.82, 2.24) is 50.5 Å². The summed E-state index contributed by atoms with van der Waals surface area (Å²) in [6, 6.07) is 10.2. The molecule has 404 valence electrons. The Morgan fingerprint density at radius 3 is 2.00 bits per heavy atom. The van der Waals surface area contributed by atoms with Gasteiger partial charge in [-0.2, -0.15) is 0 Å². The second-order valence-electron chi connectivity index (χ2n) is 21.8. The Hall–Kier alpha value is -7.50. The smallest absolute Gasteiger partial charge is 0.246 e. The molecule has 0 radical (unpaired) electrons. The minimum Gasteiger partial charge on any atom is -0.343 e. The van der Waals surface area contributed by atoms with Crippen molar-refractivity contribution in [3.63, 3.8) is 0 Å². The molecule has 7 rings (SSSR count). The van der Waals surface area contributed by atoms with Crippen molar-refractivity contribution < 1.29 is 38.0 Å². The normalized spacial score (nSPS) is 23.1. The van der Waals surface area contributed by atoms with E-state index in [4.69, 9.17) is 0 Å². The lowest BCUT2D eigenvalue weighted by Gasteiger charge is -2.41. The molecule has 17 nitrogen and oxygen atoms in total. The summed E-state index contributed by atoms with van der Waals surface area (Å²) < 4.78 is 16.4. The lowest BCUT2D eigenvalue weighted by atomic mass is 9.95. The molecule has 0 spiro atoms. The summed E-state index contributed by atoms with van der Waals surface area (Å²) in [4.78, 5) is 117. The molecular weight excluding hydrogens is 968 g/mol. The third-order valence-electron chi connectivity index (χ3n) is 14.8. The van der Waals surface area contributed by atoms with Gasteiger partial charge in [0.25, 0.3) is 0 Å². The van der Waals surface area contributed by atoms with Gasteiger partial charge in [-0.1, -0.05) is 70.2 Å². The minimum absolute atomic E-state index is 0.0290. The Bertz CT molecular complexity index is 2970. The molecule has 2 aromatic heterocycles.